The Balaban J connectivity index is 0. The molecule has 0 saturated carbocycles. The van der Waals surface area contributed by atoms with E-state index in [9.17, 15) is 4.79 Å². The van der Waals surface area contributed by atoms with Crippen molar-refractivity contribution >= 4 is 11.6 Å². The van der Waals surface area contributed by atoms with Crippen LogP contribution in [0.15, 0.2) is 17.1 Å². The number of halogens is 1. The quantitative estimate of drug-likeness (QED) is 0.453. The van der Waals surface area contributed by atoms with Gasteiger partial charge in [-0.2, -0.15) is 0 Å². The second kappa shape index (κ2) is 4.53. The minimum absolute atomic E-state index is 0. The zero-order valence-electron chi connectivity index (χ0n) is 6.39. The summed E-state index contributed by atoms with van der Waals surface area (Å²) in [5.41, 5.74) is -0.364. The van der Waals surface area contributed by atoms with Crippen LogP contribution in [-0.4, -0.2) is 10.1 Å². The molecule has 0 saturated heterocycles. The molecule has 2 N–H and O–H groups in total. The van der Waals surface area contributed by atoms with E-state index in [1.807, 2.05) is 0 Å². The van der Waals surface area contributed by atoms with Crippen molar-refractivity contribution < 1.29 is 57.9 Å². The van der Waals surface area contributed by atoms with Crippen LogP contribution in [0.5, 0.6) is 5.75 Å². The molecule has 0 radical (unpaired) electrons. The zero-order chi connectivity index (χ0) is 6.85. The van der Waals surface area contributed by atoms with E-state index >= 15 is 0 Å². The molecule has 1 aromatic heterocycles. The van der Waals surface area contributed by atoms with Gasteiger partial charge in [-0.05, 0) is 0 Å². The van der Waals surface area contributed by atoms with Crippen LogP contribution < -0.4 is 56.9 Å². The predicted octanol–water partition coefficient (Wildman–Crippen LogP) is -2.15. The predicted molar refractivity (Wildman–Crippen MR) is 34.8 cm³/mol. The average molecular weight is 186 g/mol. The molecule has 0 spiro atoms. The molecule has 0 unspecified atom stereocenters. The van der Waals surface area contributed by atoms with Crippen molar-refractivity contribution in [1.82, 2.24) is 4.98 Å². The maximum absolute atomic E-state index is 10.4. The normalized spacial score (nSPS) is 8.50. The van der Waals surface area contributed by atoms with Gasteiger partial charge in [0.15, 0.2) is 0 Å². The molecule has 1 rings (SSSR count). The number of rotatable bonds is 0. The third-order valence-electron chi connectivity index (χ3n) is 0.854. The molecule has 50 valence electrons. The number of pyridine rings is 1. The van der Waals surface area contributed by atoms with E-state index in [-0.39, 0.29) is 69.1 Å². The van der Waals surface area contributed by atoms with E-state index in [0.29, 0.717) is 0 Å². The third kappa shape index (κ3) is 2.73. The van der Waals surface area contributed by atoms with E-state index in [4.69, 9.17) is 16.7 Å². The minimum Gasteiger partial charge on any atom is -1.00 e. The number of aromatic hydroxyl groups is 1. The van der Waals surface area contributed by atoms with E-state index in [1.54, 1.807) is 0 Å². The number of H-pyrrole nitrogens is 1. The van der Waals surface area contributed by atoms with Gasteiger partial charge >= 0.3 is 51.4 Å². The van der Waals surface area contributed by atoms with Crippen LogP contribution in [0, 0.1) is 0 Å². The standard InChI is InChI=1S/C5H4ClNO2.K.H/c6-3-2-7-5(9)1-4(3)8;;/h1-2H,(H2,7,8,9);;/q;+1;-1. The Hall–Kier alpha value is 0.676. The fraction of sp³-hybridized carbons (Fsp3) is 0. The first-order chi connectivity index (χ1) is 4.20. The van der Waals surface area contributed by atoms with Crippen LogP contribution in [0.25, 0.3) is 0 Å². The molecular weight excluding hydrogens is 181 g/mol. The van der Waals surface area contributed by atoms with Gasteiger partial charge in [-0.3, -0.25) is 4.79 Å². The first-order valence-electron chi connectivity index (χ1n) is 2.27. The molecule has 0 aromatic carbocycles. The summed E-state index contributed by atoms with van der Waals surface area (Å²) in [6.45, 7) is 0. The summed E-state index contributed by atoms with van der Waals surface area (Å²) in [6, 6.07) is 1.02. The molecular formula is C5H5ClKNO2. The van der Waals surface area contributed by atoms with Gasteiger partial charge in [0.05, 0.1) is 5.02 Å². The molecule has 10 heavy (non-hydrogen) atoms. The number of aromatic nitrogens is 1. The van der Waals surface area contributed by atoms with Gasteiger partial charge in [0.1, 0.15) is 5.75 Å². The van der Waals surface area contributed by atoms with Crippen molar-refractivity contribution in [2.24, 2.45) is 0 Å². The average Bonchev–Trinajstić information content (AvgIpc) is 1.80. The largest absolute Gasteiger partial charge is 1.00 e. The molecule has 1 heterocycles. The van der Waals surface area contributed by atoms with Gasteiger partial charge in [-0.25, -0.2) is 0 Å². The molecule has 0 bridgehead atoms. The Bertz CT molecular complexity index is 277. The topological polar surface area (TPSA) is 53.1 Å². The van der Waals surface area contributed by atoms with Gasteiger partial charge in [0.25, 0.3) is 5.56 Å². The molecule has 0 fully saturated rings. The number of hydrogen-bond donors (Lipinski definition) is 2. The Kier molecular flexibility index (Phi) is 4.84. The second-order valence-electron chi connectivity index (χ2n) is 1.53. The minimum atomic E-state index is -0.364. The molecule has 0 aliphatic carbocycles. The summed E-state index contributed by atoms with van der Waals surface area (Å²) < 4.78 is 0. The summed E-state index contributed by atoms with van der Waals surface area (Å²) in [7, 11) is 0. The Morgan fingerprint density at radius 3 is 2.70 bits per heavy atom. The summed E-state index contributed by atoms with van der Waals surface area (Å²) >= 11 is 5.36. The molecule has 0 aliphatic heterocycles. The fourth-order valence-electron chi connectivity index (χ4n) is 0.443. The summed E-state index contributed by atoms with van der Waals surface area (Å²) in [5.74, 6) is -0.194. The van der Waals surface area contributed by atoms with Gasteiger partial charge in [0, 0.05) is 12.3 Å². The van der Waals surface area contributed by atoms with Crippen LogP contribution in [0.2, 0.25) is 5.02 Å². The molecule has 0 amide bonds. The van der Waals surface area contributed by atoms with Gasteiger partial charge in [-0.1, -0.05) is 11.6 Å². The molecule has 0 atom stereocenters. The maximum atomic E-state index is 10.4. The van der Waals surface area contributed by atoms with Crippen molar-refractivity contribution in [2.75, 3.05) is 0 Å². The number of aromatic amines is 1. The summed E-state index contributed by atoms with van der Waals surface area (Å²) in [4.78, 5) is 12.7. The monoisotopic (exact) mass is 185 g/mol. The maximum Gasteiger partial charge on any atom is 1.00 e. The van der Waals surface area contributed by atoms with Crippen molar-refractivity contribution in [3.8, 4) is 5.75 Å². The van der Waals surface area contributed by atoms with E-state index in [2.05, 4.69) is 4.98 Å². The van der Waals surface area contributed by atoms with Crippen LogP contribution in [0.3, 0.4) is 0 Å². The zero-order valence-corrected chi connectivity index (χ0v) is 9.27. The van der Waals surface area contributed by atoms with E-state index < -0.39 is 0 Å². The molecule has 3 nitrogen and oxygen atoms in total. The van der Waals surface area contributed by atoms with Gasteiger partial charge < -0.3 is 11.5 Å². The Morgan fingerprint density at radius 1 is 1.70 bits per heavy atom. The summed E-state index contributed by atoms with van der Waals surface area (Å²) in [5, 5.41) is 8.90. The Labute approximate surface area is 106 Å². The Morgan fingerprint density at radius 2 is 2.30 bits per heavy atom. The van der Waals surface area contributed by atoms with Crippen LogP contribution >= 0.6 is 11.6 Å². The number of nitrogens with one attached hydrogen (secondary N) is 1. The van der Waals surface area contributed by atoms with Gasteiger partial charge in [-0.15, -0.1) is 0 Å². The number of hydrogen-bond acceptors (Lipinski definition) is 2. The molecule has 5 heteroatoms. The van der Waals surface area contributed by atoms with Crippen molar-refractivity contribution in [3.05, 3.63) is 27.6 Å². The van der Waals surface area contributed by atoms with Crippen LogP contribution in [-0.2, 0) is 0 Å². The first kappa shape index (κ1) is 10.7. The third-order valence-corrected chi connectivity index (χ3v) is 1.16. The van der Waals surface area contributed by atoms with Crippen molar-refractivity contribution in [2.45, 2.75) is 0 Å². The van der Waals surface area contributed by atoms with E-state index in [0.717, 1.165) is 6.07 Å². The molecule has 0 aliphatic rings. The van der Waals surface area contributed by atoms with Crippen molar-refractivity contribution in [1.29, 1.82) is 0 Å². The van der Waals surface area contributed by atoms with E-state index in [1.165, 1.54) is 6.20 Å². The van der Waals surface area contributed by atoms with Crippen molar-refractivity contribution in [3.63, 3.8) is 0 Å². The second-order valence-corrected chi connectivity index (χ2v) is 1.94. The summed E-state index contributed by atoms with van der Waals surface area (Å²) in [6.07, 6.45) is 1.24. The SMILES string of the molecule is O=c1cc(O)c(Cl)c[nH]1.[H-].[K+]. The van der Waals surface area contributed by atoms with Crippen LogP contribution in [0.4, 0.5) is 0 Å². The van der Waals surface area contributed by atoms with Crippen LogP contribution in [0.1, 0.15) is 1.43 Å². The molecule has 1 aromatic rings. The first-order valence-corrected chi connectivity index (χ1v) is 2.65. The fourth-order valence-corrected chi connectivity index (χ4v) is 0.552. The smallest absolute Gasteiger partial charge is 1.00 e. The van der Waals surface area contributed by atoms with Gasteiger partial charge in [0.2, 0.25) is 0 Å².